The van der Waals surface area contributed by atoms with Crippen molar-refractivity contribution >= 4 is 5.91 Å². The standard InChI is InChI=1S/C16H19FN4O2/c1-11(22)12-6-8-20(9-7-12)16(23)15-10-21(19-18-15)14-4-2-13(17)3-5-14/h2-5,10-12,22H,6-9H2,1H3. The third kappa shape index (κ3) is 3.39. The molecule has 1 aromatic carbocycles. The van der Waals surface area contributed by atoms with Crippen LogP contribution < -0.4 is 0 Å². The Balaban J connectivity index is 1.68. The summed E-state index contributed by atoms with van der Waals surface area (Å²) in [5.74, 6) is -0.248. The van der Waals surface area contributed by atoms with Crippen LogP contribution >= 0.6 is 0 Å². The highest BCUT2D eigenvalue weighted by atomic mass is 19.1. The van der Waals surface area contributed by atoms with Crippen LogP contribution in [-0.2, 0) is 0 Å². The normalized spacial score (nSPS) is 17.3. The molecule has 1 N–H and O–H groups in total. The Kier molecular flexibility index (Phi) is 4.38. The number of hydrogen-bond acceptors (Lipinski definition) is 4. The summed E-state index contributed by atoms with van der Waals surface area (Å²) in [6.07, 6.45) is 2.79. The molecule has 0 aliphatic carbocycles. The first-order valence-electron chi connectivity index (χ1n) is 7.70. The van der Waals surface area contributed by atoms with Gasteiger partial charge < -0.3 is 10.0 Å². The maximum atomic E-state index is 12.9. The van der Waals surface area contributed by atoms with Gasteiger partial charge in [0.25, 0.3) is 5.91 Å². The lowest BCUT2D eigenvalue weighted by Gasteiger charge is -2.32. The van der Waals surface area contributed by atoms with E-state index in [1.807, 2.05) is 0 Å². The quantitative estimate of drug-likeness (QED) is 0.934. The maximum Gasteiger partial charge on any atom is 0.276 e. The van der Waals surface area contributed by atoms with Gasteiger partial charge in [-0.3, -0.25) is 4.79 Å². The Morgan fingerprint density at radius 1 is 1.30 bits per heavy atom. The highest BCUT2D eigenvalue weighted by molar-refractivity contribution is 5.92. The van der Waals surface area contributed by atoms with Gasteiger partial charge in [0.1, 0.15) is 5.82 Å². The van der Waals surface area contributed by atoms with E-state index in [4.69, 9.17) is 0 Å². The molecule has 1 aliphatic rings. The van der Waals surface area contributed by atoms with Crippen molar-refractivity contribution in [2.24, 2.45) is 5.92 Å². The topological polar surface area (TPSA) is 71.2 Å². The van der Waals surface area contributed by atoms with E-state index in [0.717, 1.165) is 12.8 Å². The first-order valence-corrected chi connectivity index (χ1v) is 7.70. The van der Waals surface area contributed by atoms with Crippen LogP contribution in [0.5, 0.6) is 0 Å². The highest BCUT2D eigenvalue weighted by Gasteiger charge is 2.27. The van der Waals surface area contributed by atoms with Gasteiger partial charge in [-0.15, -0.1) is 5.10 Å². The average Bonchev–Trinajstić information content (AvgIpc) is 3.05. The van der Waals surface area contributed by atoms with Gasteiger partial charge in [-0.1, -0.05) is 5.21 Å². The zero-order chi connectivity index (χ0) is 16.4. The van der Waals surface area contributed by atoms with Crippen molar-refractivity contribution < 1.29 is 14.3 Å². The Hall–Kier alpha value is -2.28. The average molecular weight is 318 g/mol. The minimum atomic E-state index is -0.341. The van der Waals surface area contributed by atoms with Gasteiger partial charge in [0.2, 0.25) is 0 Å². The molecule has 1 aromatic heterocycles. The number of carbonyl (C=O) groups excluding carboxylic acids is 1. The van der Waals surface area contributed by atoms with Gasteiger partial charge in [-0.2, -0.15) is 0 Å². The number of aliphatic hydroxyl groups excluding tert-OH is 1. The third-order valence-electron chi connectivity index (χ3n) is 4.31. The first-order chi connectivity index (χ1) is 11.0. The summed E-state index contributed by atoms with van der Waals surface area (Å²) in [6, 6.07) is 5.82. The van der Waals surface area contributed by atoms with Crippen molar-refractivity contribution in [3.63, 3.8) is 0 Å². The summed E-state index contributed by atoms with van der Waals surface area (Å²) in [4.78, 5) is 14.2. The van der Waals surface area contributed by atoms with Gasteiger partial charge >= 0.3 is 0 Å². The lowest BCUT2D eigenvalue weighted by atomic mass is 9.92. The van der Waals surface area contributed by atoms with Crippen LogP contribution in [0.1, 0.15) is 30.3 Å². The van der Waals surface area contributed by atoms with Gasteiger partial charge in [0.15, 0.2) is 5.69 Å². The smallest absolute Gasteiger partial charge is 0.276 e. The van der Waals surface area contributed by atoms with Crippen LogP contribution in [0.15, 0.2) is 30.5 Å². The fourth-order valence-electron chi connectivity index (χ4n) is 2.83. The van der Waals surface area contributed by atoms with E-state index in [2.05, 4.69) is 10.3 Å². The number of aromatic nitrogens is 3. The monoisotopic (exact) mass is 318 g/mol. The lowest BCUT2D eigenvalue weighted by Crippen LogP contribution is -2.40. The van der Waals surface area contributed by atoms with Crippen molar-refractivity contribution in [1.82, 2.24) is 19.9 Å². The van der Waals surface area contributed by atoms with Crippen LogP contribution in [-0.4, -0.2) is 50.1 Å². The fourth-order valence-corrected chi connectivity index (χ4v) is 2.83. The molecule has 6 nitrogen and oxygen atoms in total. The van der Waals surface area contributed by atoms with Crippen molar-refractivity contribution in [2.45, 2.75) is 25.9 Å². The summed E-state index contributed by atoms with van der Waals surface area (Å²) in [5.41, 5.74) is 0.913. The van der Waals surface area contributed by atoms with Gasteiger partial charge in [-0.25, -0.2) is 9.07 Å². The molecule has 7 heteroatoms. The summed E-state index contributed by atoms with van der Waals surface area (Å²) in [5, 5.41) is 17.5. The number of amides is 1. The number of likely N-dealkylation sites (tertiary alicyclic amines) is 1. The predicted octanol–water partition coefficient (Wildman–Crippen LogP) is 1.64. The molecule has 2 aromatic rings. The molecule has 1 amide bonds. The van der Waals surface area contributed by atoms with Gasteiger partial charge in [-0.05, 0) is 49.9 Å². The second-order valence-corrected chi connectivity index (χ2v) is 5.90. The van der Waals surface area contributed by atoms with Crippen molar-refractivity contribution in [3.05, 3.63) is 42.0 Å². The lowest BCUT2D eigenvalue weighted by molar-refractivity contribution is 0.0517. The molecule has 1 aliphatic heterocycles. The Labute approximate surface area is 133 Å². The maximum absolute atomic E-state index is 12.9. The van der Waals surface area contributed by atoms with Crippen LogP contribution in [0.2, 0.25) is 0 Å². The van der Waals surface area contributed by atoms with Gasteiger partial charge in [0.05, 0.1) is 18.0 Å². The largest absolute Gasteiger partial charge is 0.393 e. The number of nitrogens with zero attached hydrogens (tertiary/aromatic N) is 4. The summed E-state index contributed by atoms with van der Waals surface area (Å²) >= 11 is 0. The Morgan fingerprint density at radius 2 is 1.96 bits per heavy atom. The second kappa shape index (κ2) is 6.45. The van der Waals surface area contributed by atoms with Crippen molar-refractivity contribution in [2.75, 3.05) is 13.1 Å². The molecule has 2 heterocycles. The Bertz CT molecular complexity index is 676. The van der Waals surface area contributed by atoms with E-state index >= 15 is 0 Å². The molecule has 23 heavy (non-hydrogen) atoms. The molecule has 3 rings (SSSR count). The minimum Gasteiger partial charge on any atom is -0.393 e. The molecule has 1 unspecified atom stereocenters. The molecule has 0 radical (unpaired) electrons. The molecular weight excluding hydrogens is 299 g/mol. The number of hydrogen-bond donors (Lipinski definition) is 1. The number of rotatable bonds is 3. The van der Waals surface area contributed by atoms with E-state index in [0.29, 0.717) is 18.8 Å². The van der Waals surface area contributed by atoms with E-state index in [1.165, 1.54) is 16.8 Å². The summed E-state index contributed by atoms with van der Waals surface area (Å²) < 4.78 is 14.4. The van der Waals surface area contributed by atoms with Gasteiger partial charge in [0, 0.05) is 13.1 Å². The van der Waals surface area contributed by atoms with Crippen LogP contribution in [0.3, 0.4) is 0 Å². The fraction of sp³-hybridized carbons (Fsp3) is 0.438. The summed E-state index contributed by atoms with van der Waals surface area (Å²) in [7, 11) is 0. The first kappa shape index (κ1) is 15.6. The van der Waals surface area contributed by atoms with Crippen LogP contribution in [0, 0.1) is 11.7 Å². The van der Waals surface area contributed by atoms with Crippen LogP contribution in [0.4, 0.5) is 4.39 Å². The van der Waals surface area contributed by atoms with E-state index in [9.17, 15) is 14.3 Å². The third-order valence-corrected chi connectivity index (χ3v) is 4.31. The van der Waals surface area contributed by atoms with E-state index in [-0.39, 0.29) is 29.4 Å². The zero-order valence-corrected chi connectivity index (χ0v) is 12.9. The zero-order valence-electron chi connectivity index (χ0n) is 12.9. The summed E-state index contributed by atoms with van der Waals surface area (Å²) in [6.45, 7) is 3.01. The number of carbonyl (C=O) groups is 1. The number of aliphatic hydroxyl groups is 1. The Morgan fingerprint density at radius 3 is 2.57 bits per heavy atom. The molecule has 122 valence electrons. The van der Waals surface area contributed by atoms with Crippen molar-refractivity contribution in [3.8, 4) is 5.69 Å². The molecule has 0 saturated carbocycles. The number of benzene rings is 1. The SMILES string of the molecule is CC(O)C1CCN(C(=O)c2cn(-c3ccc(F)cc3)nn2)CC1. The second-order valence-electron chi connectivity index (χ2n) is 5.90. The minimum absolute atomic E-state index is 0.164. The molecule has 1 saturated heterocycles. The predicted molar refractivity (Wildman–Crippen MR) is 81.6 cm³/mol. The van der Waals surface area contributed by atoms with Crippen LogP contribution in [0.25, 0.3) is 5.69 Å². The molecule has 1 fully saturated rings. The number of halogens is 1. The molecule has 0 spiro atoms. The number of piperidine rings is 1. The van der Waals surface area contributed by atoms with Crippen molar-refractivity contribution in [1.29, 1.82) is 0 Å². The van der Waals surface area contributed by atoms with E-state index < -0.39 is 0 Å². The highest BCUT2D eigenvalue weighted by Crippen LogP contribution is 2.21. The van der Waals surface area contributed by atoms with E-state index in [1.54, 1.807) is 30.2 Å². The molecule has 0 bridgehead atoms. The molecular formula is C16H19FN4O2. The molecule has 1 atom stereocenters.